The number of fused-ring (bicyclic) bond motifs is 1. The molecule has 5 nitrogen and oxygen atoms in total. The van der Waals surface area contributed by atoms with Crippen molar-refractivity contribution < 1.29 is 13.2 Å². The molecule has 23 heavy (non-hydrogen) atoms. The molecule has 1 aromatic heterocycles. The Kier molecular flexibility index (Phi) is 4.46. The molecule has 8 heteroatoms. The number of anilines is 1. The monoisotopic (exact) mass is 370 g/mol. The van der Waals surface area contributed by atoms with Crippen molar-refractivity contribution in [2.24, 2.45) is 0 Å². The van der Waals surface area contributed by atoms with Gasteiger partial charge in [0.2, 0.25) is 15.9 Å². The highest BCUT2D eigenvalue weighted by Gasteiger charge is 2.24. The molecule has 0 saturated carbocycles. The van der Waals surface area contributed by atoms with E-state index in [9.17, 15) is 13.2 Å². The summed E-state index contributed by atoms with van der Waals surface area (Å²) in [5, 5.41) is 2.75. The lowest BCUT2D eigenvalue weighted by atomic mass is 10.0. The summed E-state index contributed by atoms with van der Waals surface area (Å²) in [6.07, 6.45) is 0.925. The highest BCUT2D eigenvalue weighted by molar-refractivity contribution is 7.89. The number of benzene rings is 1. The zero-order valence-electron chi connectivity index (χ0n) is 12.4. The van der Waals surface area contributed by atoms with Crippen LogP contribution in [0.2, 0.25) is 4.34 Å². The third kappa shape index (κ3) is 3.42. The van der Waals surface area contributed by atoms with Gasteiger partial charge in [0.05, 0.1) is 9.23 Å². The predicted molar refractivity (Wildman–Crippen MR) is 91.4 cm³/mol. The van der Waals surface area contributed by atoms with Crippen molar-refractivity contribution in [3.05, 3.63) is 45.1 Å². The highest BCUT2D eigenvalue weighted by atomic mass is 35.5. The number of hydrogen-bond donors (Lipinski definition) is 1. The van der Waals surface area contributed by atoms with Crippen LogP contribution in [0.5, 0.6) is 0 Å². The number of carbonyl (C=O) groups is 1. The standard InChI is InChI=1S/C15H15ClN2O3S2/c1-18(9-11-3-6-14(16)22-11)23(20,21)12-4-5-13-10(8-12)2-7-15(19)17-13/h3-6,8H,2,7,9H2,1H3,(H,17,19). The number of nitrogens with one attached hydrogen (secondary N) is 1. The number of hydrogen-bond acceptors (Lipinski definition) is 4. The molecule has 1 aliphatic heterocycles. The third-order valence-electron chi connectivity index (χ3n) is 3.69. The normalized spacial score (nSPS) is 14.7. The Balaban J connectivity index is 1.85. The van der Waals surface area contributed by atoms with Crippen LogP contribution in [0.1, 0.15) is 16.9 Å². The van der Waals surface area contributed by atoms with Gasteiger partial charge in [-0.3, -0.25) is 4.79 Å². The topological polar surface area (TPSA) is 66.5 Å². The second-order valence-corrected chi connectivity index (χ2v) is 9.18. The minimum absolute atomic E-state index is 0.0419. The number of thiophene rings is 1. The van der Waals surface area contributed by atoms with Crippen molar-refractivity contribution in [1.82, 2.24) is 4.31 Å². The fourth-order valence-corrected chi connectivity index (χ4v) is 4.86. The maximum Gasteiger partial charge on any atom is 0.243 e. The van der Waals surface area contributed by atoms with Crippen molar-refractivity contribution in [3.8, 4) is 0 Å². The number of rotatable bonds is 4. The molecule has 0 unspecified atom stereocenters. The number of nitrogens with zero attached hydrogens (tertiary/aromatic N) is 1. The van der Waals surface area contributed by atoms with Crippen LogP contribution in [0.3, 0.4) is 0 Å². The molecule has 1 aliphatic rings. The fourth-order valence-electron chi connectivity index (χ4n) is 2.44. The zero-order valence-corrected chi connectivity index (χ0v) is 14.8. The summed E-state index contributed by atoms with van der Waals surface area (Å²) in [7, 11) is -2.04. The number of amides is 1. The van der Waals surface area contributed by atoms with Gasteiger partial charge < -0.3 is 5.32 Å². The maximum absolute atomic E-state index is 12.7. The lowest BCUT2D eigenvalue weighted by Gasteiger charge is -2.20. The van der Waals surface area contributed by atoms with Gasteiger partial charge in [-0.05, 0) is 42.3 Å². The molecular formula is C15H15ClN2O3S2. The molecule has 0 radical (unpaired) electrons. The van der Waals surface area contributed by atoms with Gasteiger partial charge >= 0.3 is 0 Å². The van der Waals surface area contributed by atoms with E-state index < -0.39 is 10.0 Å². The molecule has 0 aliphatic carbocycles. The Bertz CT molecular complexity index is 861. The van der Waals surface area contributed by atoms with Gasteiger partial charge in [0.1, 0.15) is 0 Å². The van der Waals surface area contributed by atoms with E-state index in [1.807, 2.05) is 6.07 Å². The summed E-state index contributed by atoms with van der Waals surface area (Å²) in [4.78, 5) is 12.5. The molecule has 3 rings (SSSR count). The first kappa shape index (κ1) is 16.4. The Morgan fingerprint density at radius 1 is 1.26 bits per heavy atom. The minimum atomic E-state index is -3.59. The minimum Gasteiger partial charge on any atom is -0.326 e. The zero-order chi connectivity index (χ0) is 16.6. The van der Waals surface area contributed by atoms with Crippen LogP contribution in [0.25, 0.3) is 0 Å². The van der Waals surface area contributed by atoms with E-state index in [4.69, 9.17) is 11.6 Å². The second-order valence-electron chi connectivity index (χ2n) is 5.33. The quantitative estimate of drug-likeness (QED) is 0.899. The van der Waals surface area contributed by atoms with E-state index in [0.29, 0.717) is 22.9 Å². The van der Waals surface area contributed by atoms with E-state index >= 15 is 0 Å². The van der Waals surface area contributed by atoms with Crippen LogP contribution < -0.4 is 5.32 Å². The van der Waals surface area contributed by atoms with Crippen molar-refractivity contribution >= 4 is 44.6 Å². The van der Waals surface area contributed by atoms with E-state index in [1.54, 1.807) is 25.2 Å². The molecule has 2 heterocycles. The second kappa shape index (κ2) is 6.24. The molecule has 1 aromatic carbocycles. The molecule has 0 atom stereocenters. The van der Waals surface area contributed by atoms with E-state index in [2.05, 4.69) is 5.32 Å². The Morgan fingerprint density at radius 3 is 2.74 bits per heavy atom. The number of sulfonamides is 1. The van der Waals surface area contributed by atoms with Gasteiger partial charge in [-0.1, -0.05) is 11.6 Å². The summed E-state index contributed by atoms with van der Waals surface area (Å²) in [5.74, 6) is -0.0419. The van der Waals surface area contributed by atoms with E-state index in [-0.39, 0.29) is 17.3 Å². The van der Waals surface area contributed by atoms with E-state index in [0.717, 1.165) is 10.4 Å². The smallest absolute Gasteiger partial charge is 0.243 e. The van der Waals surface area contributed by atoms with Crippen LogP contribution in [-0.4, -0.2) is 25.7 Å². The van der Waals surface area contributed by atoms with Gasteiger partial charge in [-0.15, -0.1) is 11.3 Å². The molecule has 0 fully saturated rings. The van der Waals surface area contributed by atoms with Crippen LogP contribution in [-0.2, 0) is 27.8 Å². The molecule has 2 aromatic rings. The summed E-state index contributed by atoms with van der Waals surface area (Å²) >= 11 is 7.24. The average Bonchev–Trinajstić information content (AvgIpc) is 2.91. The Hall–Kier alpha value is -1.41. The van der Waals surface area contributed by atoms with Gasteiger partial charge in [0.15, 0.2) is 0 Å². The van der Waals surface area contributed by atoms with Gasteiger partial charge in [-0.25, -0.2) is 8.42 Å². The van der Waals surface area contributed by atoms with Crippen LogP contribution >= 0.6 is 22.9 Å². The molecule has 0 spiro atoms. The number of carbonyl (C=O) groups excluding carboxylic acids is 1. The molecule has 0 saturated heterocycles. The lowest BCUT2D eigenvalue weighted by Crippen LogP contribution is -2.26. The van der Waals surface area contributed by atoms with Crippen molar-refractivity contribution in [2.75, 3.05) is 12.4 Å². The lowest BCUT2D eigenvalue weighted by molar-refractivity contribution is -0.116. The Morgan fingerprint density at radius 2 is 2.04 bits per heavy atom. The van der Waals surface area contributed by atoms with Crippen molar-refractivity contribution in [3.63, 3.8) is 0 Å². The van der Waals surface area contributed by atoms with E-state index in [1.165, 1.54) is 21.7 Å². The van der Waals surface area contributed by atoms with Crippen molar-refractivity contribution in [1.29, 1.82) is 0 Å². The summed E-state index contributed by atoms with van der Waals surface area (Å²) in [6, 6.07) is 8.39. The summed E-state index contributed by atoms with van der Waals surface area (Å²) < 4.78 is 27.3. The van der Waals surface area contributed by atoms with Gasteiger partial charge in [-0.2, -0.15) is 4.31 Å². The maximum atomic E-state index is 12.7. The number of halogens is 1. The van der Waals surface area contributed by atoms with Crippen molar-refractivity contribution in [2.45, 2.75) is 24.3 Å². The SMILES string of the molecule is CN(Cc1ccc(Cl)s1)S(=O)(=O)c1ccc2c(c1)CCC(=O)N2. The van der Waals surface area contributed by atoms with Gasteiger partial charge in [0.25, 0.3) is 0 Å². The number of aryl methyl sites for hydroxylation is 1. The Labute approximate surface area is 143 Å². The first-order chi connectivity index (χ1) is 10.9. The molecule has 1 N–H and O–H groups in total. The van der Waals surface area contributed by atoms with Gasteiger partial charge in [0, 0.05) is 30.6 Å². The third-order valence-corrected chi connectivity index (χ3v) is 6.70. The molecule has 0 bridgehead atoms. The average molecular weight is 371 g/mol. The molecular weight excluding hydrogens is 356 g/mol. The van der Waals surface area contributed by atoms with Crippen LogP contribution in [0.4, 0.5) is 5.69 Å². The summed E-state index contributed by atoms with van der Waals surface area (Å²) in [6.45, 7) is 0.271. The first-order valence-corrected chi connectivity index (χ1v) is 9.63. The molecule has 1 amide bonds. The van der Waals surface area contributed by atoms with Crippen LogP contribution in [0, 0.1) is 0 Å². The molecule has 122 valence electrons. The highest BCUT2D eigenvalue weighted by Crippen LogP contribution is 2.28. The predicted octanol–water partition coefficient (Wildman–Crippen LogP) is 3.11. The van der Waals surface area contributed by atoms with Crippen LogP contribution in [0.15, 0.2) is 35.2 Å². The summed E-state index contributed by atoms with van der Waals surface area (Å²) in [5.41, 5.74) is 1.53. The largest absolute Gasteiger partial charge is 0.326 e. The first-order valence-electron chi connectivity index (χ1n) is 6.99. The fraction of sp³-hybridized carbons (Fsp3) is 0.267.